The van der Waals surface area contributed by atoms with Crippen LogP contribution in [0.4, 0.5) is 4.39 Å². The van der Waals surface area contributed by atoms with E-state index in [1.165, 1.54) is 6.07 Å². The molecule has 0 N–H and O–H groups in total. The Hall–Kier alpha value is -0.410. The molecule has 84 valence electrons. The third-order valence-corrected chi connectivity index (χ3v) is 2.98. The Morgan fingerprint density at radius 2 is 2.07 bits per heavy atom. The van der Waals surface area contributed by atoms with Crippen LogP contribution in [0.2, 0.25) is 0 Å². The molecule has 0 aliphatic rings. The summed E-state index contributed by atoms with van der Waals surface area (Å²) in [5.41, 5.74) is 0.402. The van der Waals surface area contributed by atoms with Gasteiger partial charge >= 0.3 is 0 Å². The second-order valence-corrected chi connectivity index (χ2v) is 5.05. The molecule has 1 aromatic rings. The average Bonchev–Trinajstić information content (AvgIpc) is 2.16. The van der Waals surface area contributed by atoms with E-state index in [0.717, 1.165) is 10.9 Å². The van der Waals surface area contributed by atoms with Crippen LogP contribution < -0.4 is 0 Å². The first kappa shape index (κ1) is 12.7. The van der Waals surface area contributed by atoms with Gasteiger partial charge in [-0.25, -0.2) is 4.39 Å². The van der Waals surface area contributed by atoms with Crippen molar-refractivity contribution < 1.29 is 9.13 Å². The number of rotatable bonds is 4. The van der Waals surface area contributed by atoms with Gasteiger partial charge in [-0.3, -0.25) is 0 Å². The van der Waals surface area contributed by atoms with Crippen LogP contribution in [0.5, 0.6) is 0 Å². The van der Waals surface area contributed by atoms with Crippen LogP contribution in [0.1, 0.15) is 32.8 Å². The third-order valence-electron chi connectivity index (χ3n) is 2.48. The molecule has 0 heterocycles. The molecule has 3 heteroatoms. The molecule has 0 amide bonds. The fourth-order valence-electron chi connectivity index (χ4n) is 1.01. The Morgan fingerprint density at radius 3 is 2.60 bits per heavy atom. The number of ether oxygens (including phenoxy) is 1. The van der Waals surface area contributed by atoms with Crippen LogP contribution in [0.15, 0.2) is 22.7 Å². The van der Waals surface area contributed by atoms with Crippen molar-refractivity contribution in [2.45, 2.75) is 39.4 Å². The summed E-state index contributed by atoms with van der Waals surface area (Å²) >= 11 is 3.22. The Labute approximate surface area is 98.8 Å². The highest BCUT2D eigenvalue weighted by Crippen LogP contribution is 2.20. The predicted molar refractivity (Wildman–Crippen MR) is 63.3 cm³/mol. The molecule has 1 aromatic carbocycles. The summed E-state index contributed by atoms with van der Waals surface area (Å²) in [6, 6.07) is 5.02. The largest absolute Gasteiger partial charge is 0.371 e. The summed E-state index contributed by atoms with van der Waals surface area (Å²) in [7, 11) is 0. The molecule has 0 saturated carbocycles. The molecule has 0 aliphatic heterocycles. The molecule has 0 atom stereocenters. The zero-order valence-corrected chi connectivity index (χ0v) is 10.9. The first-order chi connectivity index (χ1) is 6.94. The maximum Gasteiger partial charge on any atom is 0.129 e. The van der Waals surface area contributed by atoms with Gasteiger partial charge in [0, 0.05) is 10.0 Å². The summed E-state index contributed by atoms with van der Waals surface area (Å²) in [4.78, 5) is 0. The number of benzene rings is 1. The molecule has 0 unspecified atom stereocenters. The van der Waals surface area contributed by atoms with Crippen molar-refractivity contribution in [3.8, 4) is 0 Å². The normalized spacial score (nSPS) is 11.8. The molecular weight excluding hydrogens is 259 g/mol. The zero-order chi connectivity index (χ0) is 11.5. The van der Waals surface area contributed by atoms with Gasteiger partial charge in [-0.2, -0.15) is 0 Å². The van der Waals surface area contributed by atoms with E-state index >= 15 is 0 Å². The lowest BCUT2D eigenvalue weighted by Gasteiger charge is -2.23. The number of hydrogen-bond acceptors (Lipinski definition) is 1. The Kier molecular flexibility index (Phi) is 4.29. The van der Waals surface area contributed by atoms with Crippen molar-refractivity contribution in [1.29, 1.82) is 0 Å². The minimum atomic E-state index is -0.226. The van der Waals surface area contributed by atoms with Gasteiger partial charge in [-0.1, -0.05) is 28.9 Å². The summed E-state index contributed by atoms with van der Waals surface area (Å²) in [5.74, 6) is -0.226. The van der Waals surface area contributed by atoms with Crippen LogP contribution in [-0.2, 0) is 11.3 Å². The topological polar surface area (TPSA) is 9.23 Å². The van der Waals surface area contributed by atoms with Gasteiger partial charge in [0.15, 0.2) is 0 Å². The van der Waals surface area contributed by atoms with E-state index in [1.807, 2.05) is 19.9 Å². The maximum atomic E-state index is 13.4. The summed E-state index contributed by atoms with van der Waals surface area (Å²) in [6.45, 7) is 6.38. The minimum absolute atomic E-state index is 0.195. The SMILES string of the molecule is CCC(C)(C)OCc1ccc(Br)cc1F. The molecule has 0 radical (unpaired) electrons. The van der Waals surface area contributed by atoms with Crippen LogP contribution in [0.3, 0.4) is 0 Å². The lowest BCUT2D eigenvalue weighted by Crippen LogP contribution is -2.22. The van der Waals surface area contributed by atoms with E-state index < -0.39 is 0 Å². The quantitative estimate of drug-likeness (QED) is 0.796. The van der Waals surface area contributed by atoms with Crippen molar-refractivity contribution in [3.63, 3.8) is 0 Å². The highest BCUT2D eigenvalue weighted by molar-refractivity contribution is 9.10. The van der Waals surface area contributed by atoms with Gasteiger partial charge in [0.2, 0.25) is 0 Å². The fraction of sp³-hybridized carbons (Fsp3) is 0.500. The molecule has 0 aromatic heterocycles. The van der Waals surface area contributed by atoms with E-state index in [1.54, 1.807) is 6.07 Å². The second kappa shape index (κ2) is 5.08. The first-order valence-corrected chi connectivity index (χ1v) is 5.82. The molecule has 15 heavy (non-hydrogen) atoms. The molecule has 0 bridgehead atoms. The van der Waals surface area contributed by atoms with Gasteiger partial charge in [0.25, 0.3) is 0 Å². The number of hydrogen-bond donors (Lipinski definition) is 0. The molecular formula is C12H16BrFO. The predicted octanol–water partition coefficient (Wildman–Crippen LogP) is 4.29. The third kappa shape index (κ3) is 3.92. The molecule has 0 fully saturated rings. The van der Waals surface area contributed by atoms with E-state index in [2.05, 4.69) is 22.9 Å². The Balaban J connectivity index is 2.66. The standard InChI is InChI=1S/C12H16BrFO/c1-4-12(2,3)15-8-9-5-6-10(13)7-11(9)14/h5-7H,4,8H2,1-3H3. The fourth-order valence-corrected chi connectivity index (χ4v) is 1.35. The minimum Gasteiger partial charge on any atom is -0.371 e. The Bertz CT molecular complexity index is 336. The van der Waals surface area contributed by atoms with Crippen LogP contribution in [0.25, 0.3) is 0 Å². The van der Waals surface area contributed by atoms with Gasteiger partial charge in [0.1, 0.15) is 5.82 Å². The highest BCUT2D eigenvalue weighted by Gasteiger charge is 2.16. The van der Waals surface area contributed by atoms with E-state index in [-0.39, 0.29) is 11.4 Å². The monoisotopic (exact) mass is 274 g/mol. The van der Waals surface area contributed by atoms with Gasteiger partial charge < -0.3 is 4.74 Å². The summed E-state index contributed by atoms with van der Waals surface area (Å²) in [5, 5.41) is 0. The molecule has 1 nitrogen and oxygen atoms in total. The van der Waals surface area contributed by atoms with Crippen molar-refractivity contribution in [3.05, 3.63) is 34.1 Å². The van der Waals surface area contributed by atoms with Crippen molar-refractivity contribution in [2.24, 2.45) is 0 Å². The summed E-state index contributed by atoms with van der Waals surface area (Å²) < 4.78 is 19.8. The van der Waals surface area contributed by atoms with Crippen LogP contribution >= 0.6 is 15.9 Å². The lowest BCUT2D eigenvalue weighted by molar-refractivity contribution is -0.0326. The highest BCUT2D eigenvalue weighted by atomic mass is 79.9. The van der Waals surface area contributed by atoms with E-state index in [9.17, 15) is 4.39 Å². The molecule has 0 aliphatic carbocycles. The summed E-state index contributed by atoms with van der Waals surface area (Å²) in [6.07, 6.45) is 0.908. The maximum absolute atomic E-state index is 13.4. The molecule has 0 saturated heterocycles. The van der Waals surface area contributed by atoms with Crippen molar-refractivity contribution in [1.82, 2.24) is 0 Å². The second-order valence-electron chi connectivity index (χ2n) is 4.14. The van der Waals surface area contributed by atoms with Gasteiger partial charge in [0.05, 0.1) is 12.2 Å². The van der Waals surface area contributed by atoms with Crippen LogP contribution in [0, 0.1) is 5.82 Å². The van der Waals surface area contributed by atoms with Crippen molar-refractivity contribution in [2.75, 3.05) is 0 Å². The van der Waals surface area contributed by atoms with Gasteiger partial charge in [-0.05, 0) is 32.4 Å². The first-order valence-electron chi connectivity index (χ1n) is 5.02. The van der Waals surface area contributed by atoms with E-state index in [0.29, 0.717) is 12.2 Å². The Morgan fingerprint density at radius 1 is 1.40 bits per heavy atom. The van der Waals surface area contributed by atoms with Crippen molar-refractivity contribution >= 4 is 15.9 Å². The average molecular weight is 275 g/mol. The van der Waals surface area contributed by atoms with Gasteiger partial charge in [-0.15, -0.1) is 0 Å². The zero-order valence-electron chi connectivity index (χ0n) is 9.31. The molecule has 0 spiro atoms. The van der Waals surface area contributed by atoms with Crippen LogP contribution in [-0.4, -0.2) is 5.60 Å². The smallest absolute Gasteiger partial charge is 0.129 e. The lowest BCUT2D eigenvalue weighted by atomic mass is 10.1. The van der Waals surface area contributed by atoms with E-state index in [4.69, 9.17) is 4.74 Å². The molecule has 1 rings (SSSR count). The number of halogens is 2.